The minimum atomic E-state index is -1.00. The number of ether oxygens (including phenoxy) is 3. The maximum atomic E-state index is 14.0. The topological polar surface area (TPSA) is 77.4 Å². The van der Waals surface area contributed by atoms with Crippen molar-refractivity contribution in [3.05, 3.63) is 0 Å². The summed E-state index contributed by atoms with van der Waals surface area (Å²) in [4.78, 5) is 18.9. The lowest BCUT2D eigenvalue weighted by atomic mass is 9.65. The number of ketones is 1. The molecule has 6 nitrogen and oxygen atoms in total. The third-order valence-corrected chi connectivity index (χ3v) is 12.1. The lowest BCUT2D eigenvalue weighted by Gasteiger charge is -2.47. The van der Waals surface area contributed by atoms with Crippen LogP contribution in [0.3, 0.4) is 0 Å². The van der Waals surface area contributed by atoms with Crippen molar-refractivity contribution in [2.45, 2.75) is 199 Å². The number of aliphatic hydroxyl groups is 1. The summed E-state index contributed by atoms with van der Waals surface area (Å²) < 4.78 is 19.2. The van der Waals surface area contributed by atoms with E-state index >= 15 is 0 Å². The molecular formula is C42H85NO5. The fourth-order valence-electron chi connectivity index (χ4n) is 8.18. The summed E-state index contributed by atoms with van der Waals surface area (Å²) in [6, 6.07) is 0. The van der Waals surface area contributed by atoms with Gasteiger partial charge in [-0.15, -0.1) is 0 Å². The molecule has 1 aliphatic carbocycles. The van der Waals surface area contributed by atoms with Crippen molar-refractivity contribution in [2.75, 3.05) is 14.2 Å². The summed E-state index contributed by atoms with van der Waals surface area (Å²) in [5.41, 5.74) is -0.140. The Morgan fingerprint density at radius 2 is 1.38 bits per heavy atom. The largest absolute Gasteiger partial charge is 0.390 e. The molecule has 1 N–H and O–H groups in total. The fourth-order valence-corrected chi connectivity index (χ4v) is 8.18. The average molecular weight is 684 g/mol. The van der Waals surface area contributed by atoms with Crippen molar-refractivity contribution in [1.82, 2.24) is 0 Å². The maximum Gasteiger partial charge on any atom is 0.161 e. The lowest BCUT2D eigenvalue weighted by molar-refractivity contribution is -0.280. The van der Waals surface area contributed by atoms with E-state index < -0.39 is 11.9 Å². The van der Waals surface area contributed by atoms with Crippen molar-refractivity contribution in [1.29, 1.82) is 0 Å². The van der Waals surface area contributed by atoms with Crippen molar-refractivity contribution in [2.24, 2.45) is 51.8 Å². The Hall–Kier alpha value is -0.820. The SMILES string of the molecule is CC.CC.CCC.CC[C@H]1CC(=O)C(C)[C@@H](O[C@H]2C[C@@](C)(OC)[C@@H](C)C(C)O2)[C@H](C)C[C@](C)(CC)C[C@@H](C)C(=NC)C(C)C(C)[C@]1(C)O. The first kappa shape index (κ1) is 49.3. The number of Topliss-reactive ketones (excluding diaryl/α,β-unsaturated/α-hetero) is 1. The van der Waals surface area contributed by atoms with E-state index in [0.29, 0.717) is 18.8 Å². The third kappa shape index (κ3) is 13.1. The molecule has 0 aromatic rings. The molecule has 4 unspecified atom stereocenters. The standard InChI is InChI=1S/C35H65NO5.C3H8.2C2H6/c1-15-28-17-29(37)24(6)32(41-30-20-34(11,39-14)26(8)27(9)40-30)22(4)19-33(10,16-2)18-21(3)31(36-13)23(5)25(7)35(28,12)38;1-3-2;2*1-2/h21-28,30,32,38H,15-20H2,1-14H3;3H2,1-2H3;2*1-2H3/t21-,22-,23?,24?,25?,26+,27?,28+,30+,32+,33-,34-,35+;;;/m1.../s1. The molecule has 2 aliphatic rings. The molecule has 0 radical (unpaired) electrons. The first-order valence-corrected chi connectivity index (χ1v) is 19.9. The van der Waals surface area contributed by atoms with Gasteiger partial charge in [0, 0.05) is 44.5 Å². The number of methoxy groups -OCH3 is 1. The van der Waals surface area contributed by atoms with Gasteiger partial charge >= 0.3 is 0 Å². The fraction of sp³-hybridized carbons (Fsp3) is 0.952. The summed E-state index contributed by atoms with van der Waals surface area (Å²) >= 11 is 0. The van der Waals surface area contributed by atoms with Gasteiger partial charge in [0.15, 0.2) is 6.29 Å². The molecule has 2 rings (SSSR count). The number of hydrogen-bond acceptors (Lipinski definition) is 6. The van der Waals surface area contributed by atoms with Crippen LogP contribution in [0.4, 0.5) is 0 Å². The first-order valence-electron chi connectivity index (χ1n) is 19.9. The van der Waals surface area contributed by atoms with Crippen molar-refractivity contribution in [3.8, 4) is 0 Å². The summed E-state index contributed by atoms with van der Waals surface area (Å²) in [6.07, 6.45) is 5.18. The second-order valence-corrected chi connectivity index (χ2v) is 15.6. The second kappa shape index (κ2) is 22.9. The van der Waals surface area contributed by atoms with Gasteiger partial charge in [0.1, 0.15) is 5.78 Å². The molecule has 0 bridgehead atoms. The second-order valence-electron chi connectivity index (χ2n) is 15.6. The van der Waals surface area contributed by atoms with Crippen LogP contribution in [-0.4, -0.2) is 60.5 Å². The van der Waals surface area contributed by atoms with Crippen LogP contribution in [0.1, 0.15) is 170 Å². The van der Waals surface area contributed by atoms with Crippen molar-refractivity contribution in [3.63, 3.8) is 0 Å². The number of carbonyl (C=O) groups is 1. The minimum Gasteiger partial charge on any atom is -0.390 e. The van der Waals surface area contributed by atoms with E-state index in [1.165, 1.54) is 12.1 Å². The van der Waals surface area contributed by atoms with E-state index in [1.54, 1.807) is 7.11 Å². The van der Waals surface area contributed by atoms with Crippen LogP contribution < -0.4 is 0 Å². The molecule has 1 aliphatic heterocycles. The van der Waals surface area contributed by atoms with Gasteiger partial charge in [-0.1, -0.05) is 123 Å². The van der Waals surface area contributed by atoms with Gasteiger partial charge in [0.2, 0.25) is 0 Å². The molecule has 13 atom stereocenters. The molecular weight excluding hydrogens is 598 g/mol. The van der Waals surface area contributed by atoms with E-state index in [2.05, 4.69) is 83.1 Å². The Labute approximate surface area is 300 Å². The van der Waals surface area contributed by atoms with Crippen LogP contribution in [0.5, 0.6) is 0 Å². The van der Waals surface area contributed by atoms with Gasteiger partial charge in [-0.25, -0.2) is 0 Å². The zero-order valence-electron chi connectivity index (χ0n) is 35.8. The summed E-state index contributed by atoms with van der Waals surface area (Å²) in [5, 5.41) is 12.0. The molecule has 6 heteroatoms. The lowest BCUT2D eigenvalue weighted by Crippen LogP contribution is -2.53. The van der Waals surface area contributed by atoms with Gasteiger partial charge in [-0.05, 0) is 68.6 Å². The molecule has 0 spiro atoms. The molecule has 0 aromatic carbocycles. The highest BCUT2D eigenvalue weighted by molar-refractivity contribution is 5.89. The normalized spacial score (nSPS) is 42.2. The molecule has 48 heavy (non-hydrogen) atoms. The molecule has 2 fully saturated rings. The number of aliphatic imine (C=N–C) groups is 1. The number of carbonyl (C=O) groups excluding carboxylic acids is 1. The average Bonchev–Trinajstić information content (AvgIpc) is 3.05. The number of nitrogens with zero attached hydrogens (tertiary/aromatic N) is 1. The van der Waals surface area contributed by atoms with Crippen molar-refractivity contribution >= 4 is 11.5 Å². The molecule has 1 saturated heterocycles. The molecule has 1 saturated carbocycles. The van der Waals surface area contributed by atoms with Gasteiger partial charge in [0.25, 0.3) is 0 Å². The Balaban J connectivity index is 0. The quantitative estimate of drug-likeness (QED) is 0.312. The Bertz CT molecular complexity index is 904. The zero-order valence-corrected chi connectivity index (χ0v) is 35.8. The Kier molecular flexibility index (Phi) is 23.5. The monoisotopic (exact) mass is 684 g/mol. The van der Waals surface area contributed by atoms with Gasteiger partial charge < -0.3 is 19.3 Å². The zero-order chi connectivity index (χ0) is 38.2. The Morgan fingerprint density at radius 3 is 1.81 bits per heavy atom. The predicted molar refractivity (Wildman–Crippen MR) is 208 cm³/mol. The van der Waals surface area contributed by atoms with Crippen molar-refractivity contribution < 1.29 is 24.1 Å². The van der Waals surface area contributed by atoms with E-state index in [4.69, 9.17) is 19.2 Å². The van der Waals surface area contributed by atoms with E-state index in [9.17, 15) is 9.90 Å². The summed E-state index contributed by atoms with van der Waals surface area (Å²) in [5.74, 6) is 0.433. The minimum absolute atomic E-state index is 0.0184. The summed E-state index contributed by atoms with van der Waals surface area (Å²) in [6.45, 7) is 38.2. The van der Waals surface area contributed by atoms with E-state index in [-0.39, 0.29) is 64.5 Å². The summed E-state index contributed by atoms with van der Waals surface area (Å²) in [7, 11) is 3.66. The van der Waals surface area contributed by atoms with Crippen LogP contribution in [0.15, 0.2) is 4.99 Å². The molecule has 288 valence electrons. The third-order valence-electron chi connectivity index (χ3n) is 12.1. The van der Waals surface area contributed by atoms with Crippen LogP contribution >= 0.6 is 0 Å². The van der Waals surface area contributed by atoms with Gasteiger partial charge in [0.05, 0.1) is 23.4 Å². The Morgan fingerprint density at radius 1 is 0.854 bits per heavy atom. The van der Waals surface area contributed by atoms with E-state index in [0.717, 1.165) is 25.7 Å². The van der Waals surface area contributed by atoms with Crippen LogP contribution in [0.25, 0.3) is 0 Å². The van der Waals surface area contributed by atoms with Crippen LogP contribution in [-0.2, 0) is 19.0 Å². The predicted octanol–water partition coefficient (Wildman–Crippen LogP) is 11.2. The first-order chi connectivity index (χ1) is 22.3. The van der Waals surface area contributed by atoms with Gasteiger partial charge in [-0.2, -0.15) is 0 Å². The highest BCUT2D eigenvalue weighted by Gasteiger charge is 2.47. The highest BCUT2D eigenvalue weighted by Crippen LogP contribution is 2.44. The van der Waals surface area contributed by atoms with E-state index in [1.807, 2.05) is 48.6 Å². The molecule has 0 aromatic heterocycles. The van der Waals surface area contributed by atoms with Gasteiger partial charge in [-0.3, -0.25) is 9.79 Å². The van der Waals surface area contributed by atoms with Crippen LogP contribution in [0.2, 0.25) is 0 Å². The maximum absolute atomic E-state index is 14.0. The number of rotatable bonds is 5. The highest BCUT2D eigenvalue weighted by atomic mass is 16.7. The molecule has 0 amide bonds. The van der Waals surface area contributed by atoms with Crippen LogP contribution in [0, 0.1) is 46.8 Å². The smallest absolute Gasteiger partial charge is 0.161 e. The number of hydrogen-bond donors (Lipinski definition) is 1. The molecule has 1 heterocycles.